The molecule has 3 atom stereocenters. The highest BCUT2D eigenvalue weighted by Crippen LogP contribution is 2.39. The first-order chi connectivity index (χ1) is 11.3. The predicted octanol–water partition coefficient (Wildman–Crippen LogP) is 1.72. The van der Waals surface area contributed by atoms with Crippen LogP contribution in [0.25, 0.3) is 0 Å². The van der Waals surface area contributed by atoms with E-state index in [4.69, 9.17) is 5.11 Å². The van der Waals surface area contributed by atoms with E-state index in [-0.39, 0.29) is 25.1 Å². The Balaban J connectivity index is 2.31. The zero-order valence-corrected chi connectivity index (χ0v) is 15.2. The third-order valence-corrected chi connectivity index (χ3v) is 5.50. The van der Waals surface area contributed by atoms with Crippen molar-refractivity contribution in [2.75, 3.05) is 18.9 Å². The van der Waals surface area contributed by atoms with E-state index in [0.717, 1.165) is 11.1 Å². The second-order valence-electron chi connectivity index (χ2n) is 7.03. The molecular formula is C17H26N2O4S. The fourth-order valence-electron chi connectivity index (χ4n) is 3.44. The average molecular weight is 354 g/mol. The van der Waals surface area contributed by atoms with Crippen molar-refractivity contribution in [2.45, 2.75) is 44.7 Å². The maximum absolute atomic E-state index is 12.3. The van der Waals surface area contributed by atoms with Crippen LogP contribution >= 0.6 is 0 Å². The topological polar surface area (TPSA) is 95.9 Å². The summed E-state index contributed by atoms with van der Waals surface area (Å²) in [5.41, 5.74) is 1.64. The molecule has 6 nitrogen and oxygen atoms in total. The van der Waals surface area contributed by atoms with Gasteiger partial charge in [0.05, 0.1) is 25.1 Å². The molecule has 1 aromatic rings. The third-order valence-electron chi connectivity index (χ3n) is 4.31. The van der Waals surface area contributed by atoms with Crippen LogP contribution in [0.5, 0.6) is 0 Å². The Hall–Kier alpha value is -1.28. The summed E-state index contributed by atoms with van der Waals surface area (Å²) in [5.74, 6) is 0.185. The number of amides is 1. The molecule has 24 heavy (non-hydrogen) atoms. The molecule has 0 radical (unpaired) electrons. The summed E-state index contributed by atoms with van der Waals surface area (Å²) in [6.07, 6.45) is -0.332. The van der Waals surface area contributed by atoms with Crippen molar-refractivity contribution in [3.8, 4) is 0 Å². The molecule has 2 rings (SSSR count). The molecule has 134 valence electrons. The van der Waals surface area contributed by atoms with Gasteiger partial charge in [0, 0.05) is 16.9 Å². The highest BCUT2D eigenvalue weighted by atomic mass is 32.2. The fraction of sp³-hybridized carbons (Fsp3) is 0.588. The average Bonchev–Trinajstić information content (AvgIpc) is 2.81. The first kappa shape index (κ1) is 19.1. The van der Waals surface area contributed by atoms with Crippen LogP contribution in [0.2, 0.25) is 0 Å². The third kappa shape index (κ3) is 4.22. The first-order valence-corrected chi connectivity index (χ1v) is 9.40. The normalized spacial score (nSPS) is 21.4. The molecule has 1 aromatic carbocycles. The van der Waals surface area contributed by atoms with Crippen molar-refractivity contribution in [3.05, 3.63) is 35.4 Å². The molecule has 0 spiro atoms. The summed E-state index contributed by atoms with van der Waals surface area (Å²) in [7, 11) is 0. The van der Waals surface area contributed by atoms with Gasteiger partial charge in [-0.05, 0) is 38.3 Å². The van der Waals surface area contributed by atoms with E-state index in [1.807, 2.05) is 45.0 Å². The van der Waals surface area contributed by atoms with E-state index >= 15 is 0 Å². The molecule has 7 heteroatoms. The number of carbonyl (C=O) groups is 1. The number of aliphatic hydroxyl groups is 1. The molecule has 3 N–H and O–H groups in total. The minimum Gasteiger partial charge on any atom is -0.598 e. The monoisotopic (exact) mass is 354 g/mol. The van der Waals surface area contributed by atoms with Crippen LogP contribution in [0.4, 0.5) is 4.79 Å². The van der Waals surface area contributed by atoms with Crippen LogP contribution in [0.3, 0.4) is 0 Å². The highest BCUT2D eigenvalue weighted by molar-refractivity contribution is 7.89. The van der Waals surface area contributed by atoms with Gasteiger partial charge >= 0.3 is 6.09 Å². The van der Waals surface area contributed by atoms with E-state index in [1.54, 1.807) is 0 Å². The molecule has 0 bridgehead atoms. The number of rotatable bonds is 6. The number of carboxylic acid groups (broad SMARTS) is 1. The first-order valence-electron chi connectivity index (χ1n) is 8.08. The van der Waals surface area contributed by atoms with Gasteiger partial charge in [0.25, 0.3) is 0 Å². The molecule has 0 aliphatic heterocycles. The number of benzene rings is 1. The lowest BCUT2D eigenvalue weighted by Crippen LogP contribution is -2.53. The Morgan fingerprint density at radius 2 is 2.08 bits per heavy atom. The fourth-order valence-corrected chi connectivity index (χ4v) is 4.60. The van der Waals surface area contributed by atoms with Crippen LogP contribution in [0.1, 0.15) is 37.8 Å². The SMILES string of the molecule is CC(C)(C)N(C(=O)O)[C@@H]1Cc2ccccc2[C@@H]1C[S@@+]([O-])NCCO. The smallest absolute Gasteiger partial charge is 0.408 e. The van der Waals surface area contributed by atoms with Gasteiger partial charge < -0.3 is 14.8 Å². The van der Waals surface area contributed by atoms with Gasteiger partial charge in [0.1, 0.15) is 5.75 Å². The Labute approximate surface area is 146 Å². The Bertz CT molecular complexity index is 576. The van der Waals surface area contributed by atoms with Gasteiger partial charge in [-0.2, -0.15) is 0 Å². The van der Waals surface area contributed by atoms with Crippen molar-refractivity contribution in [1.82, 2.24) is 9.62 Å². The molecule has 0 saturated heterocycles. The zero-order chi connectivity index (χ0) is 17.9. The molecule has 1 amide bonds. The van der Waals surface area contributed by atoms with E-state index in [2.05, 4.69) is 4.72 Å². The lowest BCUT2D eigenvalue weighted by atomic mass is 9.95. The van der Waals surface area contributed by atoms with Gasteiger partial charge in [-0.15, -0.1) is 4.72 Å². The lowest BCUT2D eigenvalue weighted by Gasteiger charge is -2.40. The van der Waals surface area contributed by atoms with Crippen molar-refractivity contribution < 1.29 is 19.6 Å². The second kappa shape index (κ2) is 7.74. The number of hydrogen-bond donors (Lipinski definition) is 3. The number of aliphatic hydroxyl groups excluding tert-OH is 1. The molecule has 0 fully saturated rings. The second-order valence-corrected chi connectivity index (χ2v) is 8.34. The van der Waals surface area contributed by atoms with E-state index in [1.165, 1.54) is 4.90 Å². The van der Waals surface area contributed by atoms with Crippen molar-refractivity contribution in [3.63, 3.8) is 0 Å². The molecule has 0 aromatic heterocycles. The van der Waals surface area contributed by atoms with E-state index < -0.39 is 23.0 Å². The zero-order valence-electron chi connectivity index (χ0n) is 14.4. The van der Waals surface area contributed by atoms with Crippen LogP contribution in [0.15, 0.2) is 24.3 Å². The number of hydrogen-bond acceptors (Lipinski definition) is 4. The lowest BCUT2D eigenvalue weighted by molar-refractivity contribution is 0.0665. The molecule has 1 aliphatic carbocycles. The molecule has 0 unspecified atom stereocenters. The van der Waals surface area contributed by atoms with Gasteiger partial charge in [0.2, 0.25) is 0 Å². The number of fused-ring (bicyclic) bond motifs is 1. The molecule has 0 heterocycles. The van der Waals surface area contributed by atoms with Crippen molar-refractivity contribution in [2.24, 2.45) is 0 Å². The standard InChI is InChI=1S/C17H26N2O4S/c1-17(2,3)19(16(21)22)15-10-12-6-4-5-7-13(12)14(15)11-24(23)18-8-9-20/h4-7,14-15,18,20H,8-11H2,1-3H3,(H,21,22)/t14-,15+,24+/m0/s1. The molecule has 1 aliphatic rings. The summed E-state index contributed by atoms with van der Waals surface area (Å²) in [6, 6.07) is 7.63. The van der Waals surface area contributed by atoms with E-state index in [0.29, 0.717) is 12.2 Å². The molecular weight excluding hydrogens is 328 g/mol. The summed E-state index contributed by atoms with van der Waals surface area (Å²) in [5, 5.41) is 18.6. The minimum atomic E-state index is -1.32. The minimum absolute atomic E-state index is 0.0837. The summed E-state index contributed by atoms with van der Waals surface area (Å²) in [6.45, 7) is 5.81. The Kier molecular flexibility index (Phi) is 6.14. The van der Waals surface area contributed by atoms with Gasteiger partial charge in [-0.3, -0.25) is 4.90 Å². The maximum Gasteiger partial charge on any atom is 0.408 e. The summed E-state index contributed by atoms with van der Waals surface area (Å²) < 4.78 is 15.1. The van der Waals surface area contributed by atoms with Gasteiger partial charge in [-0.1, -0.05) is 24.3 Å². The Morgan fingerprint density at radius 3 is 2.67 bits per heavy atom. The Morgan fingerprint density at radius 1 is 1.42 bits per heavy atom. The van der Waals surface area contributed by atoms with Crippen LogP contribution in [-0.2, 0) is 17.8 Å². The predicted molar refractivity (Wildman–Crippen MR) is 94.4 cm³/mol. The largest absolute Gasteiger partial charge is 0.598 e. The van der Waals surface area contributed by atoms with Crippen LogP contribution < -0.4 is 4.72 Å². The molecule has 0 saturated carbocycles. The number of nitrogens with zero attached hydrogens (tertiary/aromatic N) is 1. The van der Waals surface area contributed by atoms with Crippen molar-refractivity contribution in [1.29, 1.82) is 0 Å². The van der Waals surface area contributed by atoms with Crippen molar-refractivity contribution >= 4 is 17.5 Å². The summed E-state index contributed by atoms with van der Waals surface area (Å²) in [4.78, 5) is 13.4. The van der Waals surface area contributed by atoms with Crippen LogP contribution in [0, 0.1) is 0 Å². The van der Waals surface area contributed by atoms with Gasteiger partial charge in [0.15, 0.2) is 0 Å². The quantitative estimate of drug-likeness (QED) is 0.676. The van der Waals surface area contributed by atoms with Crippen LogP contribution in [-0.4, -0.2) is 56.2 Å². The summed E-state index contributed by atoms with van der Waals surface area (Å²) >= 11 is -1.32. The maximum atomic E-state index is 12.3. The van der Waals surface area contributed by atoms with Gasteiger partial charge in [-0.25, -0.2) is 4.79 Å². The highest BCUT2D eigenvalue weighted by Gasteiger charge is 2.44. The van der Waals surface area contributed by atoms with E-state index in [9.17, 15) is 14.5 Å². The number of nitrogens with one attached hydrogen (secondary N) is 1.